The Morgan fingerprint density at radius 2 is 1.14 bits per heavy atom. The van der Waals surface area contributed by atoms with Gasteiger partial charge in [0.2, 0.25) is 0 Å². The van der Waals surface area contributed by atoms with Crippen molar-refractivity contribution in [1.82, 2.24) is 19.6 Å². The summed E-state index contributed by atoms with van der Waals surface area (Å²) in [6.45, 7) is 3.06. The molecule has 6 nitrogen and oxygen atoms in total. The van der Waals surface area contributed by atoms with Gasteiger partial charge in [0.1, 0.15) is 22.9 Å². The molecule has 0 saturated carbocycles. The van der Waals surface area contributed by atoms with Crippen LogP contribution in [-0.4, -0.2) is 31.8 Å². The minimum Gasteiger partial charge on any atom is -0.506 e. The number of aromatic hydroxyl groups is 1. The average Bonchev–Trinajstić information content (AvgIpc) is 3.37. The average molecular weight is 498 g/mol. The molecular formula is C23H20F6N4O2. The maximum atomic E-state index is 12.6. The third-order valence-electron chi connectivity index (χ3n) is 4.78. The largest absolute Gasteiger partial charge is 0.506 e. The van der Waals surface area contributed by atoms with Gasteiger partial charge in [0.25, 0.3) is 0 Å². The summed E-state index contributed by atoms with van der Waals surface area (Å²) in [4.78, 5) is 0. The number of aryl methyl sites for hydroxylation is 2. The summed E-state index contributed by atoms with van der Waals surface area (Å²) >= 11 is 0. The maximum Gasteiger partial charge on any atom is 0.435 e. The van der Waals surface area contributed by atoms with Gasteiger partial charge in [0.15, 0.2) is 11.4 Å². The number of phenolic OH excluding ortho intramolecular Hbond substituents is 1. The van der Waals surface area contributed by atoms with Crippen LogP contribution in [0.1, 0.15) is 22.8 Å². The molecular weight excluding hydrogens is 478 g/mol. The first-order valence-electron chi connectivity index (χ1n) is 10.0. The van der Waals surface area contributed by atoms with E-state index >= 15 is 0 Å². The highest BCUT2D eigenvalue weighted by molar-refractivity contribution is 5.47. The Bertz CT molecular complexity index is 1310. The lowest BCUT2D eigenvalue weighted by atomic mass is 10.3. The zero-order valence-corrected chi connectivity index (χ0v) is 18.7. The molecule has 0 radical (unpaired) electrons. The van der Waals surface area contributed by atoms with Gasteiger partial charge in [-0.1, -0.05) is 24.3 Å². The van der Waals surface area contributed by atoms with E-state index in [-0.39, 0.29) is 11.4 Å². The number of hydrogen-bond acceptors (Lipinski definition) is 4. The summed E-state index contributed by atoms with van der Waals surface area (Å²) in [6, 6.07) is 14.8. The van der Waals surface area contributed by atoms with Gasteiger partial charge in [0.05, 0.1) is 7.11 Å². The van der Waals surface area contributed by atoms with Gasteiger partial charge < -0.3 is 9.84 Å². The minimum atomic E-state index is -4.49. The predicted octanol–water partition coefficient (Wildman–Crippen LogP) is 6.11. The van der Waals surface area contributed by atoms with E-state index in [1.165, 1.54) is 30.8 Å². The first-order valence-corrected chi connectivity index (χ1v) is 10.0. The van der Waals surface area contributed by atoms with Crippen LogP contribution in [-0.2, 0) is 12.4 Å². The number of aromatic nitrogens is 4. The lowest BCUT2D eigenvalue weighted by Crippen LogP contribution is -2.08. The number of ether oxygens (including phenoxy) is 1. The predicted molar refractivity (Wildman–Crippen MR) is 115 cm³/mol. The quantitative estimate of drug-likeness (QED) is 0.346. The van der Waals surface area contributed by atoms with Gasteiger partial charge in [-0.2, -0.15) is 36.5 Å². The van der Waals surface area contributed by atoms with E-state index in [4.69, 9.17) is 4.74 Å². The molecule has 186 valence electrons. The number of rotatable bonds is 3. The number of halogens is 6. The zero-order chi connectivity index (χ0) is 26.0. The van der Waals surface area contributed by atoms with E-state index < -0.39 is 23.7 Å². The molecule has 12 heteroatoms. The van der Waals surface area contributed by atoms with Crippen molar-refractivity contribution >= 4 is 0 Å². The highest BCUT2D eigenvalue weighted by Gasteiger charge is 2.35. The van der Waals surface area contributed by atoms with Crippen molar-refractivity contribution in [1.29, 1.82) is 0 Å². The monoisotopic (exact) mass is 498 g/mol. The molecule has 35 heavy (non-hydrogen) atoms. The van der Waals surface area contributed by atoms with E-state index in [0.29, 0.717) is 22.8 Å². The lowest BCUT2D eigenvalue weighted by molar-refractivity contribution is -0.142. The second-order valence-electron chi connectivity index (χ2n) is 7.32. The molecule has 0 fully saturated rings. The molecule has 0 saturated heterocycles. The summed E-state index contributed by atoms with van der Waals surface area (Å²) in [6.07, 6.45) is -8.93. The van der Waals surface area contributed by atoms with Crippen molar-refractivity contribution in [2.24, 2.45) is 0 Å². The van der Waals surface area contributed by atoms with Crippen molar-refractivity contribution < 1.29 is 36.2 Å². The normalized spacial score (nSPS) is 11.7. The molecule has 0 bridgehead atoms. The van der Waals surface area contributed by atoms with Crippen LogP contribution in [0.3, 0.4) is 0 Å². The standard InChI is InChI=1S/C12H11F3N2O.C11H9F3N2O/c1-8-7-11(12(13,14)15)16-17(8)9-5-3-4-6-10(9)18-2;1-7-6-10(11(12,13)14)15-16(7)8-4-2-3-5-9(8)17/h3-7H,1-2H3;2-6,17H,1H3. The fourth-order valence-corrected chi connectivity index (χ4v) is 3.16. The van der Waals surface area contributed by atoms with E-state index in [9.17, 15) is 31.4 Å². The second-order valence-corrected chi connectivity index (χ2v) is 7.32. The van der Waals surface area contributed by atoms with Gasteiger partial charge in [-0.15, -0.1) is 0 Å². The summed E-state index contributed by atoms with van der Waals surface area (Å²) in [7, 11) is 1.46. The van der Waals surface area contributed by atoms with Crippen LogP contribution in [0, 0.1) is 13.8 Å². The van der Waals surface area contributed by atoms with Gasteiger partial charge >= 0.3 is 12.4 Å². The van der Waals surface area contributed by atoms with Gasteiger partial charge in [0, 0.05) is 11.4 Å². The molecule has 0 amide bonds. The lowest BCUT2D eigenvalue weighted by Gasteiger charge is -2.09. The maximum absolute atomic E-state index is 12.6. The Morgan fingerprint density at radius 1 is 0.714 bits per heavy atom. The van der Waals surface area contributed by atoms with Gasteiger partial charge in [-0.3, -0.25) is 0 Å². The summed E-state index contributed by atoms with van der Waals surface area (Å²) < 4.78 is 82.5. The second kappa shape index (κ2) is 9.72. The fourth-order valence-electron chi connectivity index (χ4n) is 3.16. The van der Waals surface area contributed by atoms with Crippen LogP contribution in [0.15, 0.2) is 60.7 Å². The first kappa shape index (κ1) is 25.7. The Hall–Kier alpha value is -3.96. The van der Waals surface area contributed by atoms with Crippen LogP contribution in [0.25, 0.3) is 11.4 Å². The van der Waals surface area contributed by atoms with E-state index in [1.807, 2.05) is 0 Å². The molecule has 0 spiro atoms. The SMILES string of the molecule is COc1ccccc1-n1nc(C(F)(F)F)cc1C.Cc1cc(C(F)(F)F)nn1-c1ccccc1O. The highest BCUT2D eigenvalue weighted by Crippen LogP contribution is 2.32. The third kappa shape index (κ3) is 5.76. The summed E-state index contributed by atoms with van der Waals surface area (Å²) in [5.74, 6) is 0.352. The fraction of sp³-hybridized carbons (Fsp3) is 0.217. The Morgan fingerprint density at radius 3 is 1.57 bits per heavy atom. The molecule has 0 aliphatic heterocycles. The molecule has 0 unspecified atom stereocenters. The van der Waals surface area contributed by atoms with Crippen molar-refractivity contribution in [2.75, 3.05) is 7.11 Å². The molecule has 0 aliphatic carbocycles. The molecule has 4 aromatic rings. The molecule has 0 atom stereocenters. The van der Waals surface area contributed by atoms with Gasteiger partial charge in [-0.25, -0.2) is 9.36 Å². The third-order valence-corrected chi connectivity index (χ3v) is 4.78. The topological polar surface area (TPSA) is 65.1 Å². The molecule has 2 aromatic carbocycles. The number of alkyl halides is 6. The van der Waals surface area contributed by atoms with Crippen molar-refractivity contribution in [3.63, 3.8) is 0 Å². The number of nitrogens with zero attached hydrogens (tertiary/aromatic N) is 4. The van der Waals surface area contributed by atoms with Crippen LogP contribution >= 0.6 is 0 Å². The van der Waals surface area contributed by atoms with Crippen molar-refractivity contribution in [2.45, 2.75) is 26.2 Å². The molecule has 2 heterocycles. The summed E-state index contributed by atoms with van der Waals surface area (Å²) in [5, 5.41) is 16.6. The number of benzene rings is 2. The van der Waals surface area contributed by atoms with Crippen molar-refractivity contribution in [3.05, 3.63) is 83.4 Å². The summed E-state index contributed by atoms with van der Waals surface area (Å²) in [5.41, 5.74) is -0.483. The van der Waals surface area contributed by atoms with Crippen molar-refractivity contribution in [3.8, 4) is 22.9 Å². The smallest absolute Gasteiger partial charge is 0.435 e. The zero-order valence-electron chi connectivity index (χ0n) is 18.7. The van der Waals surface area contributed by atoms with Crippen LogP contribution in [0.4, 0.5) is 26.3 Å². The van der Waals surface area contributed by atoms with Crippen LogP contribution in [0.2, 0.25) is 0 Å². The molecule has 4 rings (SSSR count). The Balaban J connectivity index is 0.000000196. The number of methoxy groups -OCH3 is 1. The minimum absolute atomic E-state index is 0.118. The highest BCUT2D eigenvalue weighted by atomic mass is 19.4. The number of para-hydroxylation sites is 4. The Labute approximate surface area is 196 Å². The Kier molecular flexibility index (Phi) is 7.13. The van der Waals surface area contributed by atoms with Gasteiger partial charge in [-0.05, 0) is 50.2 Å². The molecule has 1 N–H and O–H groups in total. The number of phenols is 1. The molecule has 2 aromatic heterocycles. The van der Waals surface area contributed by atoms with E-state index in [1.54, 1.807) is 43.3 Å². The van der Waals surface area contributed by atoms with Crippen LogP contribution in [0.5, 0.6) is 11.5 Å². The van der Waals surface area contributed by atoms with Crippen LogP contribution < -0.4 is 4.74 Å². The van der Waals surface area contributed by atoms with E-state index in [0.717, 1.165) is 16.8 Å². The van der Waals surface area contributed by atoms with E-state index in [2.05, 4.69) is 10.2 Å². The first-order chi connectivity index (χ1) is 16.3. The number of hydrogen-bond donors (Lipinski definition) is 1. The molecule has 0 aliphatic rings.